The summed E-state index contributed by atoms with van der Waals surface area (Å²) in [5, 5.41) is 16.2. The Morgan fingerprint density at radius 2 is 2.00 bits per heavy atom. The minimum absolute atomic E-state index is 0.0469. The van der Waals surface area contributed by atoms with Crippen molar-refractivity contribution in [3.8, 4) is 17.0 Å². The van der Waals surface area contributed by atoms with Crippen molar-refractivity contribution in [2.24, 2.45) is 5.92 Å². The van der Waals surface area contributed by atoms with E-state index in [4.69, 9.17) is 14.5 Å². The van der Waals surface area contributed by atoms with E-state index < -0.39 is 53.5 Å². The largest absolute Gasteiger partial charge is 0.488 e. The lowest BCUT2D eigenvalue weighted by Crippen LogP contribution is -2.56. The molecular weight excluding hydrogens is 624 g/mol. The maximum Gasteiger partial charge on any atom is 0.407 e. The van der Waals surface area contributed by atoms with Crippen LogP contribution in [0.2, 0.25) is 0 Å². The van der Waals surface area contributed by atoms with Crippen molar-refractivity contribution in [1.82, 2.24) is 20.5 Å². The molecular formula is C38H42N4O7. The lowest BCUT2D eigenvalue weighted by molar-refractivity contribution is -0.145. The molecule has 49 heavy (non-hydrogen) atoms. The summed E-state index contributed by atoms with van der Waals surface area (Å²) in [5.41, 5.74) is 1.81. The number of aliphatic carboxylic acids is 1. The van der Waals surface area contributed by atoms with Gasteiger partial charge in [0.2, 0.25) is 11.8 Å². The van der Waals surface area contributed by atoms with Crippen LogP contribution in [0.1, 0.15) is 57.4 Å². The average molecular weight is 667 g/mol. The zero-order valence-electron chi connectivity index (χ0n) is 27.6. The summed E-state index contributed by atoms with van der Waals surface area (Å²) in [6.07, 6.45) is 7.59. The molecule has 2 fully saturated rings. The topological polar surface area (TPSA) is 147 Å². The van der Waals surface area contributed by atoms with Crippen molar-refractivity contribution in [1.29, 1.82) is 0 Å². The minimum Gasteiger partial charge on any atom is -0.488 e. The number of hydrogen-bond acceptors (Lipinski definition) is 7. The number of pyridine rings is 1. The number of rotatable bonds is 8. The lowest BCUT2D eigenvalue weighted by atomic mass is 10.1. The van der Waals surface area contributed by atoms with E-state index in [0.29, 0.717) is 37.1 Å². The number of unbranched alkanes of at least 4 members (excludes halogenated alkanes) is 1. The second kappa shape index (κ2) is 14.5. The fourth-order valence-electron chi connectivity index (χ4n) is 6.68. The molecule has 0 spiro atoms. The number of carboxylic acid groups (broad SMARTS) is 1. The molecule has 1 aliphatic carbocycles. The van der Waals surface area contributed by atoms with Gasteiger partial charge in [-0.3, -0.25) is 9.59 Å². The molecule has 0 unspecified atom stereocenters. The predicted octanol–water partition coefficient (Wildman–Crippen LogP) is 5.49. The van der Waals surface area contributed by atoms with Crippen molar-refractivity contribution in [2.45, 2.75) is 75.6 Å². The quantitative estimate of drug-likeness (QED) is 0.268. The van der Waals surface area contributed by atoms with Gasteiger partial charge in [-0.05, 0) is 43.4 Å². The second-order valence-corrected chi connectivity index (χ2v) is 13.0. The number of amides is 3. The van der Waals surface area contributed by atoms with Gasteiger partial charge in [-0.25, -0.2) is 14.6 Å². The maximum atomic E-state index is 14.2. The Morgan fingerprint density at radius 3 is 2.73 bits per heavy atom. The van der Waals surface area contributed by atoms with Gasteiger partial charge in [0, 0.05) is 29.4 Å². The summed E-state index contributed by atoms with van der Waals surface area (Å²) in [6.45, 7) is 5.92. The molecule has 2 aromatic carbocycles. The summed E-state index contributed by atoms with van der Waals surface area (Å²) >= 11 is 0. The van der Waals surface area contributed by atoms with Gasteiger partial charge >= 0.3 is 12.1 Å². The molecule has 1 aromatic heterocycles. The van der Waals surface area contributed by atoms with Crippen molar-refractivity contribution < 1.29 is 33.8 Å². The molecule has 1 saturated heterocycles. The molecule has 4 bridgehead atoms. The highest BCUT2D eigenvalue weighted by Gasteiger charge is 2.61. The normalized spacial score (nSPS) is 25.4. The third kappa shape index (κ3) is 7.30. The number of aromatic nitrogens is 1. The van der Waals surface area contributed by atoms with Crippen molar-refractivity contribution in [3.63, 3.8) is 0 Å². The first kappa shape index (κ1) is 33.7. The molecule has 0 radical (unpaired) electrons. The first-order valence-corrected chi connectivity index (χ1v) is 17.0. The molecule has 3 amide bonds. The highest BCUT2D eigenvalue weighted by atomic mass is 16.5. The van der Waals surface area contributed by atoms with Crippen molar-refractivity contribution >= 4 is 40.9 Å². The molecule has 11 nitrogen and oxygen atoms in total. The van der Waals surface area contributed by atoms with E-state index in [-0.39, 0.29) is 26.0 Å². The predicted molar refractivity (Wildman–Crippen MR) is 185 cm³/mol. The number of fused-ring (bicyclic) bond motifs is 3. The van der Waals surface area contributed by atoms with Crippen molar-refractivity contribution in [2.75, 3.05) is 13.2 Å². The van der Waals surface area contributed by atoms with Gasteiger partial charge in [0.1, 0.15) is 29.5 Å². The summed E-state index contributed by atoms with van der Waals surface area (Å²) in [4.78, 5) is 59.6. The molecule has 3 aromatic rings. The molecule has 3 N–H and O–H groups in total. The number of ether oxygens (including phenoxy) is 2. The van der Waals surface area contributed by atoms with Gasteiger partial charge in [0.25, 0.3) is 0 Å². The lowest BCUT2D eigenvalue weighted by Gasteiger charge is -2.29. The maximum absolute atomic E-state index is 14.2. The number of carbonyl (C=O) groups is 4. The van der Waals surface area contributed by atoms with Crippen molar-refractivity contribution in [3.05, 3.63) is 78.9 Å². The number of hydrogen-bond donors (Lipinski definition) is 3. The third-order valence-corrected chi connectivity index (χ3v) is 9.53. The Bertz CT molecular complexity index is 1780. The van der Waals surface area contributed by atoms with Crippen LogP contribution in [0.4, 0.5) is 4.79 Å². The molecule has 2 aliphatic heterocycles. The van der Waals surface area contributed by atoms with Gasteiger partial charge in [-0.2, -0.15) is 0 Å². The van der Waals surface area contributed by atoms with Crippen LogP contribution in [0.25, 0.3) is 28.2 Å². The van der Waals surface area contributed by atoms with E-state index in [0.717, 1.165) is 28.5 Å². The molecule has 3 heterocycles. The van der Waals surface area contributed by atoms with Gasteiger partial charge in [0.05, 0.1) is 24.4 Å². The standard InChI is InChI=1S/C38H42N4O7/c1-3-5-15-30-35(44)42-23-27(20-32(42)34(43)41-38(36(45)46)22-26(38)4-2)49-33-21-31(25-13-9-6-10-14-25)39-29-17-16-24(19-28(29)33)12-8-7-11-18-48-37(47)40-30/h4,6,8-10,12-14,16-17,19,21,26-27,30,32H,2-3,5,7,11,15,18,20,22-23H2,1H3,(H,40,47)(H,41,43)(H,45,46)/t26-,27-,30+,32+,38-/m1/s1. The van der Waals surface area contributed by atoms with Gasteiger partial charge in [-0.1, -0.05) is 74.4 Å². The molecule has 5 atom stereocenters. The summed E-state index contributed by atoms with van der Waals surface area (Å²) in [6, 6.07) is 15.6. The third-order valence-electron chi connectivity index (χ3n) is 9.53. The first-order valence-electron chi connectivity index (χ1n) is 17.0. The zero-order valence-corrected chi connectivity index (χ0v) is 27.6. The van der Waals surface area contributed by atoms with E-state index in [1.807, 2.05) is 73.7 Å². The van der Waals surface area contributed by atoms with Gasteiger partial charge < -0.3 is 30.1 Å². The molecule has 256 valence electrons. The van der Waals surface area contributed by atoms with Crippen LogP contribution in [0.5, 0.6) is 5.75 Å². The van der Waals surface area contributed by atoms with Crippen LogP contribution in [-0.2, 0) is 19.1 Å². The summed E-state index contributed by atoms with van der Waals surface area (Å²) in [7, 11) is 0. The van der Waals surface area contributed by atoms with Crippen LogP contribution in [0.3, 0.4) is 0 Å². The Labute approximate surface area is 285 Å². The number of nitrogens with zero attached hydrogens (tertiary/aromatic N) is 2. The van der Waals surface area contributed by atoms with Crippen LogP contribution in [-0.4, -0.2) is 75.7 Å². The summed E-state index contributed by atoms with van der Waals surface area (Å²) < 4.78 is 12.1. The number of alkyl carbamates (subject to hydrolysis) is 1. The van der Waals surface area contributed by atoms with E-state index in [1.165, 1.54) is 11.0 Å². The average Bonchev–Trinajstić information content (AvgIpc) is 3.67. The van der Waals surface area contributed by atoms with E-state index >= 15 is 0 Å². The number of allylic oxidation sites excluding steroid dienone is 1. The number of carbonyl (C=O) groups excluding carboxylic acids is 3. The second-order valence-electron chi connectivity index (χ2n) is 13.0. The molecule has 1 saturated carbocycles. The fraction of sp³-hybridized carbons (Fsp3) is 0.395. The zero-order chi connectivity index (χ0) is 34.5. The van der Waals surface area contributed by atoms with Gasteiger partial charge in [-0.15, -0.1) is 6.58 Å². The van der Waals surface area contributed by atoms with Gasteiger partial charge in [0.15, 0.2) is 0 Å². The SMILES string of the molecule is C=C[C@@H]1C[C@]1(NC(=O)[C@@H]1C[C@@H]2CN1C(=O)[C@H](CCCC)NC(=O)OCCCC=Cc1ccc3nc(-c4ccccc4)cc(c3c1)O2)C(=O)O. The number of benzene rings is 2. The van der Waals surface area contributed by atoms with E-state index in [1.54, 1.807) is 0 Å². The Balaban J connectivity index is 1.39. The van der Waals surface area contributed by atoms with Crippen LogP contribution in [0, 0.1) is 5.92 Å². The Kier molecular flexibility index (Phi) is 9.98. The number of cyclic esters (lactones) is 1. The number of nitrogens with one attached hydrogen (secondary N) is 2. The van der Waals surface area contributed by atoms with E-state index in [2.05, 4.69) is 17.2 Å². The van der Waals surface area contributed by atoms with E-state index in [9.17, 15) is 24.3 Å². The Morgan fingerprint density at radius 1 is 1.18 bits per heavy atom. The highest BCUT2D eigenvalue weighted by molar-refractivity contribution is 5.96. The first-order chi connectivity index (χ1) is 23.7. The smallest absolute Gasteiger partial charge is 0.407 e. The molecule has 3 aliphatic rings. The van der Waals surface area contributed by atoms with Crippen LogP contribution < -0.4 is 15.4 Å². The van der Waals surface area contributed by atoms with Crippen LogP contribution >= 0.6 is 0 Å². The molecule has 6 rings (SSSR count). The highest BCUT2D eigenvalue weighted by Crippen LogP contribution is 2.45. The molecule has 11 heteroatoms. The summed E-state index contributed by atoms with van der Waals surface area (Å²) in [5.74, 6) is -2.07. The Hall–Kier alpha value is -5.19. The monoisotopic (exact) mass is 666 g/mol. The minimum atomic E-state index is -1.47. The van der Waals surface area contributed by atoms with Crippen LogP contribution in [0.15, 0.2) is 73.3 Å². The number of carboxylic acids is 1. The fourth-order valence-corrected chi connectivity index (χ4v) is 6.68.